The van der Waals surface area contributed by atoms with Gasteiger partial charge in [0, 0.05) is 5.69 Å². The van der Waals surface area contributed by atoms with Crippen LogP contribution in [0.2, 0.25) is 0 Å². The maximum absolute atomic E-state index is 12.6. The Morgan fingerprint density at radius 2 is 1.93 bits per heavy atom. The molecule has 0 spiro atoms. The number of amides is 3. The second-order valence-electron chi connectivity index (χ2n) is 7.08. The van der Waals surface area contributed by atoms with E-state index in [0.29, 0.717) is 24.0 Å². The molecule has 0 unspecified atom stereocenters. The third-order valence-corrected chi connectivity index (χ3v) is 5.59. The molecule has 1 heterocycles. The van der Waals surface area contributed by atoms with E-state index in [1.54, 1.807) is 30.3 Å². The number of carbonyl (C=O) groups excluding carboxylic acids is 3. The van der Waals surface area contributed by atoms with E-state index in [-0.39, 0.29) is 11.4 Å². The zero-order valence-electron chi connectivity index (χ0n) is 16.6. The third kappa shape index (κ3) is 5.73. The molecule has 0 saturated carbocycles. The van der Waals surface area contributed by atoms with Crippen molar-refractivity contribution in [1.82, 2.24) is 4.90 Å². The van der Waals surface area contributed by atoms with Crippen LogP contribution in [0.5, 0.6) is 5.75 Å². The first-order chi connectivity index (χ1) is 14.3. The minimum absolute atomic E-state index is 0.273. The molecule has 2 aromatic carbocycles. The van der Waals surface area contributed by atoms with Crippen molar-refractivity contribution >= 4 is 56.5 Å². The van der Waals surface area contributed by atoms with Crippen LogP contribution in [0.25, 0.3) is 6.08 Å². The minimum Gasteiger partial charge on any atom is -0.492 e. The molecule has 3 rings (SSSR count). The largest absolute Gasteiger partial charge is 0.492 e. The van der Waals surface area contributed by atoms with E-state index in [0.717, 1.165) is 26.7 Å². The fraction of sp³-hybridized carbons (Fsp3) is 0.227. The van der Waals surface area contributed by atoms with E-state index in [2.05, 4.69) is 35.1 Å². The summed E-state index contributed by atoms with van der Waals surface area (Å²) in [6.45, 7) is 4.40. The van der Waals surface area contributed by atoms with Gasteiger partial charge < -0.3 is 10.1 Å². The molecule has 0 radical (unpaired) electrons. The quantitative estimate of drug-likeness (QED) is 0.544. The van der Waals surface area contributed by atoms with Gasteiger partial charge in [0.25, 0.3) is 11.1 Å². The van der Waals surface area contributed by atoms with Gasteiger partial charge in [-0.15, -0.1) is 0 Å². The average molecular weight is 489 g/mol. The zero-order valence-corrected chi connectivity index (χ0v) is 19.0. The lowest BCUT2D eigenvalue weighted by molar-refractivity contribution is -0.127. The zero-order chi connectivity index (χ0) is 21.7. The summed E-state index contributed by atoms with van der Waals surface area (Å²) in [5, 5.41) is 2.21. The molecule has 1 saturated heterocycles. The molecule has 1 N–H and O–H groups in total. The van der Waals surface area contributed by atoms with Crippen molar-refractivity contribution in [3.05, 3.63) is 63.5 Å². The van der Waals surface area contributed by atoms with Gasteiger partial charge in [0.15, 0.2) is 0 Å². The predicted octanol–water partition coefficient (Wildman–Crippen LogP) is 5.16. The van der Waals surface area contributed by atoms with Crippen LogP contribution in [0.3, 0.4) is 0 Å². The third-order valence-electron chi connectivity index (χ3n) is 4.06. The minimum atomic E-state index is -0.482. The van der Waals surface area contributed by atoms with Gasteiger partial charge >= 0.3 is 0 Å². The van der Waals surface area contributed by atoms with E-state index in [9.17, 15) is 14.4 Å². The number of imide groups is 1. The fourth-order valence-corrected chi connectivity index (χ4v) is 3.98. The molecule has 0 aliphatic carbocycles. The van der Waals surface area contributed by atoms with Crippen LogP contribution in [-0.4, -0.2) is 35.1 Å². The van der Waals surface area contributed by atoms with Gasteiger partial charge in [-0.3, -0.25) is 19.3 Å². The Labute approximate surface area is 187 Å². The lowest BCUT2D eigenvalue weighted by Crippen LogP contribution is -2.36. The lowest BCUT2D eigenvalue weighted by Gasteiger charge is -2.12. The van der Waals surface area contributed by atoms with Crippen molar-refractivity contribution in [2.45, 2.75) is 13.8 Å². The van der Waals surface area contributed by atoms with E-state index >= 15 is 0 Å². The normalized spacial score (nSPS) is 15.2. The Balaban J connectivity index is 1.67. The van der Waals surface area contributed by atoms with Crippen LogP contribution in [0, 0.1) is 5.92 Å². The summed E-state index contributed by atoms with van der Waals surface area (Å²) < 4.78 is 6.49. The van der Waals surface area contributed by atoms with Crippen LogP contribution >= 0.6 is 27.7 Å². The SMILES string of the molecule is CC(C)COc1ccc(/C=C2/SC(=O)N(CC(=O)Nc3ccccc3)C2=O)cc1Br. The lowest BCUT2D eigenvalue weighted by atomic mass is 10.2. The monoisotopic (exact) mass is 488 g/mol. The molecule has 1 aliphatic heterocycles. The first kappa shape index (κ1) is 22.1. The number of carbonyl (C=O) groups is 3. The van der Waals surface area contributed by atoms with Gasteiger partial charge in [-0.05, 0) is 69.5 Å². The molecule has 1 fully saturated rings. The number of ether oxygens (including phenoxy) is 1. The van der Waals surface area contributed by atoms with Gasteiger partial charge in [-0.25, -0.2) is 0 Å². The number of thioether (sulfide) groups is 1. The van der Waals surface area contributed by atoms with E-state index in [1.807, 2.05) is 24.3 Å². The van der Waals surface area contributed by atoms with Crippen LogP contribution in [-0.2, 0) is 9.59 Å². The van der Waals surface area contributed by atoms with Gasteiger partial charge in [0.05, 0.1) is 16.0 Å². The summed E-state index contributed by atoms with van der Waals surface area (Å²) in [5.41, 5.74) is 1.35. The number of hydrogen-bond acceptors (Lipinski definition) is 5. The molecular formula is C22H21BrN2O4S. The Kier molecular flexibility index (Phi) is 7.33. The number of anilines is 1. The predicted molar refractivity (Wildman–Crippen MR) is 122 cm³/mol. The highest BCUT2D eigenvalue weighted by Gasteiger charge is 2.36. The van der Waals surface area contributed by atoms with Crippen molar-refractivity contribution in [2.75, 3.05) is 18.5 Å². The van der Waals surface area contributed by atoms with Crippen molar-refractivity contribution in [3.63, 3.8) is 0 Å². The number of nitrogens with zero attached hydrogens (tertiary/aromatic N) is 1. The molecule has 6 nitrogen and oxygen atoms in total. The van der Waals surface area contributed by atoms with Gasteiger partial charge in [0.1, 0.15) is 12.3 Å². The van der Waals surface area contributed by atoms with E-state index < -0.39 is 17.1 Å². The van der Waals surface area contributed by atoms with Crippen molar-refractivity contribution in [2.24, 2.45) is 5.92 Å². The molecule has 2 aromatic rings. The van der Waals surface area contributed by atoms with Crippen LogP contribution in [0.4, 0.5) is 10.5 Å². The van der Waals surface area contributed by atoms with Crippen LogP contribution in [0.15, 0.2) is 57.9 Å². The number of hydrogen-bond donors (Lipinski definition) is 1. The smallest absolute Gasteiger partial charge is 0.294 e. The fourth-order valence-electron chi connectivity index (χ4n) is 2.63. The van der Waals surface area contributed by atoms with Gasteiger partial charge in [0.2, 0.25) is 5.91 Å². The summed E-state index contributed by atoms with van der Waals surface area (Å²) >= 11 is 4.29. The topological polar surface area (TPSA) is 75.7 Å². The molecule has 156 valence electrons. The Hall–Kier alpha value is -2.58. The summed E-state index contributed by atoms with van der Waals surface area (Å²) in [4.78, 5) is 38.3. The molecular weight excluding hydrogens is 468 g/mol. The number of nitrogens with one attached hydrogen (secondary N) is 1. The number of benzene rings is 2. The Morgan fingerprint density at radius 3 is 2.60 bits per heavy atom. The van der Waals surface area contributed by atoms with Gasteiger partial charge in [-0.1, -0.05) is 38.1 Å². The molecule has 30 heavy (non-hydrogen) atoms. The summed E-state index contributed by atoms with van der Waals surface area (Å²) in [6, 6.07) is 14.3. The second kappa shape index (κ2) is 9.95. The highest BCUT2D eigenvalue weighted by Crippen LogP contribution is 2.34. The van der Waals surface area contributed by atoms with Crippen molar-refractivity contribution in [1.29, 1.82) is 0 Å². The average Bonchev–Trinajstić information content (AvgIpc) is 2.95. The summed E-state index contributed by atoms with van der Waals surface area (Å²) in [6.07, 6.45) is 1.64. The molecule has 0 bridgehead atoms. The molecule has 0 aromatic heterocycles. The molecule has 1 aliphatic rings. The van der Waals surface area contributed by atoms with Crippen molar-refractivity contribution in [3.8, 4) is 5.75 Å². The van der Waals surface area contributed by atoms with Gasteiger partial charge in [-0.2, -0.15) is 0 Å². The first-order valence-corrected chi connectivity index (χ1v) is 11.0. The van der Waals surface area contributed by atoms with Crippen molar-refractivity contribution < 1.29 is 19.1 Å². The maximum Gasteiger partial charge on any atom is 0.294 e. The highest BCUT2D eigenvalue weighted by molar-refractivity contribution is 9.10. The number of para-hydroxylation sites is 1. The molecule has 8 heteroatoms. The number of rotatable bonds is 7. The van der Waals surface area contributed by atoms with Crippen LogP contribution < -0.4 is 10.1 Å². The first-order valence-electron chi connectivity index (χ1n) is 9.36. The Bertz CT molecular complexity index is 992. The standard InChI is InChI=1S/C22H21BrN2O4S/c1-14(2)13-29-18-9-8-15(10-17(18)23)11-19-21(27)25(22(28)30-19)12-20(26)24-16-6-4-3-5-7-16/h3-11,14H,12-13H2,1-2H3,(H,24,26)/b19-11+. The summed E-state index contributed by atoms with van der Waals surface area (Å²) in [7, 11) is 0. The molecule has 0 atom stereocenters. The number of halogens is 1. The van der Waals surface area contributed by atoms with Crippen LogP contribution in [0.1, 0.15) is 19.4 Å². The van der Waals surface area contributed by atoms with E-state index in [4.69, 9.17) is 4.74 Å². The maximum atomic E-state index is 12.6. The second-order valence-corrected chi connectivity index (χ2v) is 8.92. The highest BCUT2D eigenvalue weighted by atomic mass is 79.9. The van der Waals surface area contributed by atoms with E-state index in [1.165, 1.54) is 0 Å². The summed E-state index contributed by atoms with van der Waals surface area (Å²) in [5.74, 6) is 0.206. The Morgan fingerprint density at radius 1 is 1.20 bits per heavy atom. The molecule has 3 amide bonds.